The summed E-state index contributed by atoms with van der Waals surface area (Å²) in [5.74, 6) is 0.859. The van der Waals surface area contributed by atoms with Gasteiger partial charge in [0.15, 0.2) is 0 Å². The van der Waals surface area contributed by atoms with Crippen LogP contribution in [0.2, 0.25) is 0 Å². The van der Waals surface area contributed by atoms with Gasteiger partial charge in [-0.3, -0.25) is 4.98 Å². The van der Waals surface area contributed by atoms with E-state index < -0.39 is 6.10 Å². The highest BCUT2D eigenvalue weighted by Crippen LogP contribution is 2.27. The summed E-state index contributed by atoms with van der Waals surface area (Å²) in [6.07, 6.45) is 1.80. The summed E-state index contributed by atoms with van der Waals surface area (Å²) in [7, 11) is 1.66. The van der Waals surface area contributed by atoms with Crippen molar-refractivity contribution in [1.82, 2.24) is 4.98 Å². The van der Waals surface area contributed by atoms with Crippen molar-refractivity contribution in [2.45, 2.75) is 26.4 Å². The molecule has 2 aromatic rings. The van der Waals surface area contributed by atoms with E-state index in [2.05, 4.69) is 4.98 Å². The average molecular weight is 263 g/mol. The Morgan fingerprint density at radius 3 is 2.83 bits per heavy atom. The summed E-state index contributed by atoms with van der Waals surface area (Å²) in [6.45, 7) is 3.95. The molecule has 0 aromatic carbocycles. The largest absolute Gasteiger partial charge is 0.496 e. The summed E-state index contributed by atoms with van der Waals surface area (Å²) < 4.78 is 5.37. The molecule has 0 aliphatic rings. The zero-order valence-electron chi connectivity index (χ0n) is 10.8. The Labute approximate surface area is 111 Å². The molecule has 0 spiro atoms. The number of hydrogen-bond donors (Lipinski definition) is 1. The molecule has 3 nitrogen and oxygen atoms in total. The molecule has 0 bridgehead atoms. The Balaban J connectivity index is 2.24. The molecule has 0 saturated carbocycles. The van der Waals surface area contributed by atoms with E-state index in [1.54, 1.807) is 24.6 Å². The number of aromatic nitrogens is 1. The smallest absolute Gasteiger partial charge is 0.128 e. The summed E-state index contributed by atoms with van der Waals surface area (Å²) in [5.41, 5.74) is 3.85. The van der Waals surface area contributed by atoms with Gasteiger partial charge in [0.2, 0.25) is 0 Å². The van der Waals surface area contributed by atoms with E-state index in [0.717, 1.165) is 28.1 Å². The SMILES string of the molecule is COc1c(C)cnc(CC(O)c2ccsc2)c1C. The van der Waals surface area contributed by atoms with Crippen LogP contribution in [0, 0.1) is 13.8 Å². The molecule has 0 amide bonds. The van der Waals surface area contributed by atoms with Crippen LogP contribution in [0.15, 0.2) is 23.0 Å². The number of aliphatic hydroxyl groups excluding tert-OH is 1. The molecule has 1 N–H and O–H groups in total. The lowest BCUT2D eigenvalue weighted by Gasteiger charge is -2.14. The van der Waals surface area contributed by atoms with Crippen LogP contribution in [0.1, 0.15) is 28.5 Å². The molecule has 96 valence electrons. The minimum absolute atomic E-state index is 0.505. The van der Waals surface area contributed by atoms with Crippen molar-refractivity contribution < 1.29 is 9.84 Å². The molecule has 0 aliphatic heterocycles. The molecule has 0 fully saturated rings. The molecule has 0 saturated heterocycles. The maximum absolute atomic E-state index is 10.1. The number of ether oxygens (including phenoxy) is 1. The Hall–Kier alpha value is -1.39. The van der Waals surface area contributed by atoms with Crippen LogP contribution in [0.25, 0.3) is 0 Å². The molecule has 1 atom stereocenters. The number of thiophene rings is 1. The third kappa shape index (κ3) is 2.54. The topological polar surface area (TPSA) is 42.4 Å². The van der Waals surface area contributed by atoms with Crippen LogP contribution < -0.4 is 4.74 Å². The van der Waals surface area contributed by atoms with Crippen LogP contribution >= 0.6 is 11.3 Å². The first kappa shape index (κ1) is 13.1. The number of rotatable bonds is 4. The molecule has 2 heterocycles. The summed E-state index contributed by atoms with van der Waals surface area (Å²) in [4.78, 5) is 4.40. The van der Waals surface area contributed by atoms with Crippen molar-refractivity contribution in [3.05, 3.63) is 45.4 Å². The molecule has 2 rings (SSSR count). The first-order chi connectivity index (χ1) is 8.63. The van der Waals surface area contributed by atoms with Gasteiger partial charge in [0.05, 0.1) is 13.2 Å². The van der Waals surface area contributed by atoms with Gasteiger partial charge in [-0.15, -0.1) is 0 Å². The van der Waals surface area contributed by atoms with Crippen LogP contribution in [0.3, 0.4) is 0 Å². The molecule has 0 radical (unpaired) electrons. The maximum Gasteiger partial charge on any atom is 0.128 e. The van der Waals surface area contributed by atoms with E-state index in [9.17, 15) is 5.11 Å². The van der Waals surface area contributed by atoms with E-state index in [1.807, 2.05) is 30.7 Å². The normalized spacial score (nSPS) is 12.4. The Kier molecular flexibility index (Phi) is 3.99. The quantitative estimate of drug-likeness (QED) is 0.922. The van der Waals surface area contributed by atoms with Crippen LogP contribution in [-0.4, -0.2) is 17.2 Å². The average Bonchev–Trinajstić information content (AvgIpc) is 2.87. The summed E-state index contributed by atoms with van der Waals surface area (Å²) >= 11 is 1.59. The van der Waals surface area contributed by atoms with Crippen LogP contribution in [-0.2, 0) is 6.42 Å². The monoisotopic (exact) mass is 263 g/mol. The van der Waals surface area contributed by atoms with E-state index in [4.69, 9.17) is 4.74 Å². The second-order valence-corrected chi connectivity index (χ2v) is 5.10. The van der Waals surface area contributed by atoms with E-state index in [0.29, 0.717) is 6.42 Å². The molecule has 1 unspecified atom stereocenters. The number of pyridine rings is 1. The molecule has 0 aliphatic carbocycles. The highest BCUT2D eigenvalue weighted by atomic mass is 32.1. The number of nitrogens with zero attached hydrogens (tertiary/aromatic N) is 1. The zero-order valence-corrected chi connectivity index (χ0v) is 11.6. The van der Waals surface area contributed by atoms with Crippen LogP contribution in [0.4, 0.5) is 0 Å². The van der Waals surface area contributed by atoms with Gasteiger partial charge in [0, 0.05) is 29.4 Å². The fourth-order valence-electron chi connectivity index (χ4n) is 2.04. The van der Waals surface area contributed by atoms with E-state index >= 15 is 0 Å². The fourth-order valence-corrected chi connectivity index (χ4v) is 2.75. The van der Waals surface area contributed by atoms with Crippen molar-refractivity contribution >= 4 is 11.3 Å². The first-order valence-electron chi connectivity index (χ1n) is 5.82. The minimum Gasteiger partial charge on any atom is -0.496 e. The molecule has 18 heavy (non-hydrogen) atoms. The third-order valence-electron chi connectivity index (χ3n) is 3.06. The molecule has 2 aromatic heterocycles. The van der Waals surface area contributed by atoms with Crippen molar-refractivity contribution in [1.29, 1.82) is 0 Å². The van der Waals surface area contributed by atoms with Crippen molar-refractivity contribution in [3.63, 3.8) is 0 Å². The number of aliphatic hydroxyl groups is 1. The van der Waals surface area contributed by atoms with Gasteiger partial charge < -0.3 is 9.84 Å². The zero-order chi connectivity index (χ0) is 13.1. The third-order valence-corrected chi connectivity index (χ3v) is 3.77. The second kappa shape index (κ2) is 5.50. The predicted molar refractivity (Wildman–Crippen MR) is 73.2 cm³/mol. The Morgan fingerprint density at radius 1 is 1.44 bits per heavy atom. The van der Waals surface area contributed by atoms with Gasteiger partial charge in [-0.1, -0.05) is 0 Å². The van der Waals surface area contributed by atoms with E-state index in [1.165, 1.54) is 0 Å². The van der Waals surface area contributed by atoms with E-state index in [-0.39, 0.29) is 0 Å². The lowest BCUT2D eigenvalue weighted by Crippen LogP contribution is -2.06. The predicted octanol–water partition coefficient (Wildman–Crippen LogP) is 3.04. The number of aryl methyl sites for hydroxylation is 1. The Morgan fingerprint density at radius 2 is 2.22 bits per heavy atom. The Bertz CT molecular complexity index is 523. The van der Waals surface area contributed by atoms with Crippen molar-refractivity contribution in [2.75, 3.05) is 7.11 Å². The minimum atomic E-state index is -0.505. The highest BCUT2D eigenvalue weighted by Gasteiger charge is 2.15. The van der Waals surface area contributed by atoms with Gasteiger partial charge in [-0.05, 0) is 36.2 Å². The lowest BCUT2D eigenvalue weighted by atomic mass is 10.0. The van der Waals surface area contributed by atoms with Gasteiger partial charge in [-0.25, -0.2) is 0 Å². The van der Waals surface area contributed by atoms with Gasteiger partial charge in [-0.2, -0.15) is 11.3 Å². The fraction of sp³-hybridized carbons (Fsp3) is 0.357. The molecule has 4 heteroatoms. The number of methoxy groups -OCH3 is 1. The van der Waals surface area contributed by atoms with Crippen LogP contribution in [0.5, 0.6) is 5.75 Å². The first-order valence-corrected chi connectivity index (χ1v) is 6.77. The van der Waals surface area contributed by atoms with Gasteiger partial charge in [0.25, 0.3) is 0 Å². The molecular formula is C14H17NO2S. The molecular weight excluding hydrogens is 246 g/mol. The van der Waals surface area contributed by atoms with Crippen molar-refractivity contribution in [3.8, 4) is 5.75 Å². The highest BCUT2D eigenvalue weighted by molar-refractivity contribution is 7.07. The lowest BCUT2D eigenvalue weighted by molar-refractivity contribution is 0.177. The second-order valence-electron chi connectivity index (χ2n) is 4.32. The number of hydrogen-bond acceptors (Lipinski definition) is 4. The van der Waals surface area contributed by atoms with Gasteiger partial charge >= 0.3 is 0 Å². The van der Waals surface area contributed by atoms with Crippen molar-refractivity contribution in [2.24, 2.45) is 0 Å². The summed E-state index contributed by atoms with van der Waals surface area (Å²) in [5, 5.41) is 14.1. The summed E-state index contributed by atoms with van der Waals surface area (Å²) in [6, 6.07) is 1.94. The van der Waals surface area contributed by atoms with Gasteiger partial charge in [0.1, 0.15) is 5.75 Å². The standard InChI is InChI=1S/C14H17NO2S/c1-9-7-15-12(10(2)14(9)17-3)6-13(16)11-4-5-18-8-11/h4-5,7-8,13,16H,6H2,1-3H3. The maximum atomic E-state index is 10.1.